The SMILES string of the molecule is COc1cccn(C(C)(C)CN)c1=O. The average Bonchev–Trinajstić information content (AvgIpc) is 2.18. The number of ether oxygens (including phenoxy) is 1. The Balaban J connectivity index is 3.30. The second kappa shape index (κ2) is 3.84. The quantitative estimate of drug-likeness (QED) is 0.768. The van der Waals surface area contributed by atoms with Gasteiger partial charge in [-0.05, 0) is 26.0 Å². The molecule has 1 aromatic heterocycles. The summed E-state index contributed by atoms with van der Waals surface area (Å²) in [5.41, 5.74) is 5.07. The van der Waals surface area contributed by atoms with Crippen molar-refractivity contribution in [1.82, 2.24) is 4.57 Å². The van der Waals surface area contributed by atoms with Crippen molar-refractivity contribution < 1.29 is 4.74 Å². The highest BCUT2D eigenvalue weighted by Crippen LogP contribution is 2.12. The second-order valence-electron chi connectivity index (χ2n) is 3.77. The highest BCUT2D eigenvalue weighted by atomic mass is 16.5. The van der Waals surface area contributed by atoms with Crippen LogP contribution in [-0.2, 0) is 5.54 Å². The van der Waals surface area contributed by atoms with E-state index in [1.807, 2.05) is 13.8 Å². The van der Waals surface area contributed by atoms with E-state index in [4.69, 9.17) is 10.5 Å². The van der Waals surface area contributed by atoms with Crippen molar-refractivity contribution in [3.63, 3.8) is 0 Å². The molecule has 0 unspecified atom stereocenters. The maximum Gasteiger partial charge on any atom is 0.293 e. The molecule has 1 rings (SSSR count). The van der Waals surface area contributed by atoms with Gasteiger partial charge in [0, 0.05) is 12.7 Å². The summed E-state index contributed by atoms with van der Waals surface area (Å²) < 4.78 is 6.54. The molecule has 0 bridgehead atoms. The van der Waals surface area contributed by atoms with Crippen molar-refractivity contribution in [3.05, 3.63) is 28.7 Å². The first-order valence-corrected chi connectivity index (χ1v) is 4.49. The Kier molecular flexibility index (Phi) is 2.96. The van der Waals surface area contributed by atoms with Crippen LogP contribution in [0, 0.1) is 0 Å². The van der Waals surface area contributed by atoms with E-state index in [2.05, 4.69) is 0 Å². The van der Waals surface area contributed by atoms with E-state index >= 15 is 0 Å². The van der Waals surface area contributed by atoms with Crippen LogP contribution >= 0.6 is 0 Å². The Labute approximate surface area is 83.3 Å². The van der Waals surface area contributed by atoms with Crippen LogP contribution in [-0.4, -0.2) is 18.2 Å². The van der Waals surface area contributed by atoms with Gasteiger partial charge in [0.25, 0.3) is 5.56 Å². The lowest BCUT2D eigenvalue weighted by Gasteiger charge is -2.25. The molecule has 1 heterocycles. The minimum atomic E-state index is -0.383. The third kappa shape index (κ3) is 1.80. The molecule has 0 aliphatic carbocycles. The van der Waals surface area contributed by atoms with Crippen molar-refractivity contribution >= 4 is 0 Å². The number of hydrogen-bond donors (Lipinski definition) is 1. The summed E-state index contributed by atoms with van der Waals surface area (Å²) in [6.45, 7) is 4.22. The fraction of sp³-hybridized carbons (Fsp3) is 0.500. The van der Waals surface area contributed by atoms with Crippen LogP contribution in [0.3, 0.4) is 0 Å². The normalized spacial score (nSPS) is 11.4. The highest BCUT2D eigenvalue weighted by molar-refractivity contribution is 5.18. The molecule has 4 heteroatoms. The number of hydrogen-bond acceptors (Lipinski definition) is 3. The van der Waals surface area contributed by atoms with Crippen molar-refractivity contribution in [1.29, 1.82) is 0 Å². The van der Waals surface area contributed by atoms with Gasteiger partial charge in [0.15, 0.2) is 5.75 Å². The third-order valence-corrected chi connectivity index (χ3v) is 2.28. The summed E-state index contributed by atoms with van der Waals surface area (Å²) in [5.74, 6) is 0.342. The number of nitrogens with zero attached hydrogens (tertiary/aromatic N) is 1. The molecule has 4 nitrogen and oxygen atoms in total. The van der Waals surface area contributed by atoms with Gasteiger partial charge in [0.2, 0.25) is 0 Å². The smallest absolute Gasteiger partial charge is 0.293 e. The van der Waals surface area contributed by atoms with E-state index in [1.54, 1.807) is 22.9 Å². The summed E-state index contributed by atoms with van der Waals surface area (Å²) in [5, 5.41) is 0. The van der Waals surface area contributed by atoms with Crippen molar-refractivity contribution in [2.24, 2.45) is 5.73 Å². The van der Waals surface area contributed by atoms with E-state index in [-0.39, 0.29) is 11.1 Å². The van der Waals surface area contributed by atoms with Crippen molar-refractivity contribution in [2.75, 3.05) is 13.7 Å². The lowest BCUT2D eigenvalue weighted by Crippen LogP contribution is -2.41. The Hall–Kier alpha value is -1.29. The Morgan fingerprint density at radius 2 is 2.21 bits per heavy atom. The molecule has 0 radical (unpaired) electrons. The summed E-state index contributed by atoms with van der Waals surface area (Å²) >= 11 is 0. The molecular formula is C10H16N2O2. The molecule has 0 saturated heterocycles. The molecule has 0 amide bonds. The molecule has 14 heavy (non-hydrogen) atoms. The van der Waals surface area contributed by atoms with Crippen molar-refractivity contribution in [2.45, 2.75) is 19.4 Å². The van der Waals surface area contributed by atoms with Crippen LogP contribution in [0.2, 0.25) is 0 Å². The molecule has 0 fully saturated rings. The summed E-state index contributed by atoms with van der Waals surface area (Å²) in [4.78, 5) is 11.8. The van der Waals surface area contributed by atoms with E-state index in [0.717, 1.165) is 0 Å². The number of aromatic nitrogens is 1. The summed E-state index contributed by atoms with van der Waals surface area (Å²) in [6.07, 6.45) is 1.72. The summed E-state index contributed by atoms with van der Waals surface area (Å²) in [7, 11) is 1.48. The van der Waals surface area contributed by atoms with Crippen LogP contribution in [0.5, 0.6) is 5.75 Å². The summed E-state index contributed by atoms with van der Waals surface area (Å²) in [6, 6.07) is 3.42. The fourth-order valence-electron chi connectivity index (χ4n) is 1.20. The molecule has 0 aliphatic rings. The molecule has 0 saturated carbocycles. The lowest BCUT2D eigenvalue weighted by molar-refractivity contribution is 0.337. The van der Waals surface area contributed by atoms with Gasteiger partial charge in [-0.25, -0.2) is 0 Å². The molecule has 0 aliphatic heterocycles. The predicted molar refractivity (Wildman–Crippen MR) is 55.6 cm³/mol. The molecule has 78 valence electrons. The molecule has 0 atom stereocenters. The third-order valence-electron chi connectivity index (χ3n) is 2.28. The van der Waals surface area contributed by atoms with Crippen LogP contribution in [0.4, 0.5) is 0 Å². The topological polar surface area (TPSA) is 57.2 Å². The van der Waals surface area contributed by atoms with Crippen molar-refractivity contribution in [3.8, 4) is 5.75 Å². The number of nitrogens with two attached hydrogens (primary N) is 1. The fourth-order valence-corrected chi connectivity index (χ4v) is 1.20. The molecule has 1 aromatic rings. The maximum atomic E-state index is 11.8. The largest absolute Gasteiger partial charge is 0.491 e. The van der Waals surface area contributed by atoms with Gasteiger partial charge in [0.1, 0.15) is 0 Å². The minimum absolute atomic E-state index is 0.148. The van der Waals surface area contributed by atoms with Gasteiger partial charge < -0.3 is 15.0 Å². The lowest BCUT2D eigenvalue weighted by atomic mass is 10.1. The first-order chi connectivity index (χ1) is 6.53. The average molecular weight is 196 g/mol. The highest BCUT2D eigenvalue weighted by Gasteiger charge is 2.20. The Morgan fingerprint density at radius 3 is 2.71 bits per heavy atom. The first-order valence-electron chi connectivity index (χ1n) is 4.49. The first kappa shape index (κ1) is 10.8. The van der Waals surface area contributed by atoms with Crippen LogP contribution < -0.4 is 16.0 Å². The zero-order valence-electron chi connectivity index (χ0n) is 8.78. The molecule has 2 N–H and O–H groups in total. The van der Waals surface area contributed by atoms with E-state index in [0.29, 0.717) is 12.3 Å². The van der Waals surface area contributed by atoms with Gasteiger partial charge in [-0.2, -0.15) is 0 Å². The Bertz CT molecular complexity index is 369. The molecule has 0 aromatic carbocycles. The number of methoxy groups -OCH3 is 1. The Morgan fingerprint density at radius 1 is 1.57 bits per heavy atom. The number of pyridine rings is 1. The molecular weight excluding hydrogens is 180 g/mol. The van der Waals surface area contributed by atoms with E-state index in [1.165, 1.54) is 7.11 Å². The molecule has 0 spiro atoms. The van der Waals surface area contributed by atoms with Gasteiger partial charge in [0.05, 0.1) is 12.6 Å². The van der Waals surface area contributed by atoms with Gasteiger partial charge in [-0.3, -0.25) is 4.79 Å². The van der Waals surface area contributed by atoms with Crippen LogP contribution in [0.25, 0.3) is 0 Å². The van der Waals surface area contributed by atoms with Crippen LogP contribution in [0.15, 0.2) is 23.1 Å². The minimum Gasteiger partial charge on any atom is -0.491 e. The monoisotopic (exact) mass is 196 g/mol. The van der Waals surface area contributed by atoms with Gasteiger partial charge in [-0.1, -0.05) is 0 Å². The number of rotatable bonds is 3. The predicted octanol–water partition coefficient (Wildman–Crippen LogP) is 0.551. The van der Waals surface area contributed by atoms with Gasteiger partial charge >= 0.3 is 0 Å². The van der Waals surface area contributed by atoms with E-state index in [9.17, 15) is 4.79 Å². The van der Waals surface area contributed by atoms with E-state index < -0.39 is 0 Å². The maximum absolute atomic E-state index is 11.8. The zero-order valence-corrected chi connectivity index (χ0v) is 8.78. The standard InChI is InChI=1S/C10H16N2O2/c1-10(2,7-11)12-6-4-5-8(14-3)9(12)13/h4-6H,7,11H2,1-3H3. The van der Waals surface area contributed by atoms with Crippen LogP contribution in [0.1, 0.15) is 13.8 Å². The second-order valence-corrected chi connectivity index (χ2v) is 3.77. The zero-order chi connectivity index (χ0) is 10.8. The van der Waals surface area contributed by atoms with Gasteiger partial charge in [-0.15, -0.1) is 0 Å².